The van der Waals surface area contributed by atoms with Gasteiger partial charge in [0.05, 0.1) is 80.9 Å². The lowest BCUT2D eigenvalue weighted by atomic mass is 9.75. The Hall–Kier alpha value is -5.40. The van der Waals surface area contributed by atoms with Gasteiger partial charge in [0.25, 0.3) is 0 Å². The van der Waals surface area contributed by atoms with Crippen molar-refractivity contribution in [2.45, 2.75) is 24.7 Å². The number of esters is 2. The number of benzene rings is 2. The number of aliphatic hydroxyl groups is 2. The van der Waals surface area contributed by atoms with Crippen molar-refractivity contribution in [2.75, 3.05) is 56.9 Å². The summed E-state index contributed by atoms with van der Waals surface area (Å²) >= 11 is 0. The second kappa shape index (κ2) is 15.1. The van der Waals surface area contributed by atoms with Gasteiger partial charge in [0.15, 0.2) is 34.5 Å². The van der Waals surface area contributed by atoms with Gasteiger partial charge >= 0.3 is 11.9 Å². The molecule has 14 heteroatoms. The summed E-state index contributed by atoms with van der Waals surface area (Å²) in [5, 5.41) is 22.8. The normalized spacial score (nSPS) is 14.3. The average molecular weight is 645 g/mol. The molecule has 0 heterocycles. The summed E-state index contributed by atoms with van der Waals surface area (Å²) in [5.74, 6) is -7.80. The SMILES string of the molecule is COC(=O)CC(C1=C(O)C(=O)C(C(CC(=O)OC)c2cc(OC)c(OC)cc2OC)=C(O)C1=O)c1cc(OC)c(OC)cc1OC. The molecule has 0 saturated carbocycles. The molecule has 3 rings (SSSR count). The quantitative estimate of drug-likeness (QED) is 0.225. The van der Waals surface area contributed by atoms with E-state index in [-0.39, 0.29) is 45.6 Å². The second-order valence-corrected chi connectivity index (χ2v) is 9.75. The standard InChI is InChI=1S/C32H36O14/c1-39-19-13-23(43-5)21(41-3)9-15(19)17(11-25(33)45-7)27-29(35)31(37)28(32(38)30(27)36)18(12-26(34)46-8)16-10-22(42-4)24(44-6)14-20(16)40-2/h9-10,13-14,17-18,35,38H,11-12H2,1-8H3. The minimum absolute atomic E-state index is 0.111. The van der Waals surface area contributed by atoms with Crippen molar-refractivity contribution in [3.63, 3.8) is 0 Å². The predicted octanol–water partition coefficient (Wildman–Crippen LogP) is 3.51. The van der Waals surface area contributed by atoms with Crippen LogP contribution in [0.2, 0.25) is 0 Å². The molecule has 248 valence electrons. The Morgan fingerprint density at radius 2 is 0.804 bits per heavy atom. The second-order valence-electron chi connectivity index (χ2n) is 9.75. The molecule has 1 aliphatic carbocycles. The zero-order valence-corrected chi connectivity index (χ0v) is 26.7. The third-order valence-electron chi connectivity index (χ3n) is 7.55. The summed E-state index contributed by atoms with van der Waals surface area (Å²) in [4.78, 5) is 53.2. The fourth-order valence-electron chi connectivity index (χ4n) is 5.25. The Labute approximate surface area is 265 Å². The first-order chi connectivity index (χ1) is 22.0. The monoisotopic (exact) mass is 644 g/mol. The van der Waals surface area contributed by atoms with E-state index in [2.05, 4.69) is 0 Å². The Kier molecular flexibility index (Phi) is 11.5. The molecule has 2 unspecified atom stereocenters. The van der Waals surface area contributed by atoms with Crippen LogP contribution in [-0.4, -0.2) is 90.6 Å². The first kappa shape index (κ1) is 35.1. The van der Waals surface area contributed by atoms with Gasteiger partial charge in [0, 0.05) is 35.1 Å². The molecule has 0 spiro atoms. The third-order valence-corrected chi connectivity index (χ3v) is 7.55. The maximum absolute atomic E-state index is 14.0. The third kappa shape index (κ3) is 6.65. The van der Waals surface area contributed by atoms with Crippen molar-refractivity contribution < 1.29 is 67.3 Å². The molecule has 14 nitrogen and oxygen atoms in total. The summed E-state index contributed by atoms with van der Waals surface area (Å²) in [7, 11) is 10.4. The molecule has 0 aromatic heterocycles. The zero-order valence-electron chi connectivity index (χ0n) is 26.7. The molecule has 0 bridgehead atoms. The molecule has 1 aliphatic rings. The summed E-state index contributed by atoms with van der Waals surface area (Å²) in [5.41, 5.74) is -0.953. The number of hydrogen-bond donors (Lipinski definition) is 2. The molecule has 2 N–H and O–H groups in total. The van der Waals surface area contributed by atoms with Crippen molar-refractivity contribution >= 4 is 23.5 Å². The predicted molar refractivity (Wildman–Crippen MR) is 160 cm³/mol. The van der Waals surface area contributed by atoms with E-state index in [9.17, 15) is 29.4 Å². The van der Waals surface area contributed by atoms with Crippen molar-refractivity contribution in [3.8, 4) is 34.5 Å². The number of methoxy groups -OCH3 is 8. The number of hydrogen-bond acceptors (Lipinski definition) is 14. The Balaban J connectivity index is 2.32. The highest BCUT2D eigenvalue weighted by atomic mass is 16.5. The maximum atomic E-state index is 14.0. The summed E-state index contributed by atoms with van der Waals surface area (Å²) in [6, 6.07) is 5.69. The van der Waals surface area contributed by atoms with E-state index >= 15 is 0 Å². The smallest absolute Gasteiger partial charge is 0.306 e. The van der Waals surface area contributed by atoms with E-state index in [0.29, 0.717) is 0 Å². The largest absolute Gasteiger partial charge is 0.504 e. The van der Waals surface area contributed by atoms with Crippen LogP contribution in [0.25, 0.3) is 0 Å². The van der Waals surface area contributed by atoms with Gasteiger partial charge in [-0.25, -0.2) is 0 Å². The van der Waals surface area contributed by atoms with Crippen LogP contribution in [0.1, 0.15) is 35.8 Å². The number of aliphatic hydroxyl groups excluding tert-OH is 2. The highest BCUT2D eigenvalue weighted by Gasteiger charge is 2.44. The van der Waals surface area contributed by atoms with Crippen molar-refractivity contribution in [1.82, 2.24) is 0 Å². The zero-order chi connectivity index (χ0) is 34.3. The lowest BCUT2D eigenvalue weighted by Gasteiger charge is -2.29. The first-order valence-corrected chi connectivity index (χ1v) is 13.7. The van der Waals surface area contributed by atoms with Crippen LogP contribution in [0.5, 0.6) is 34.5 Å². The van der Waals surface area contributed by atoms with Crippen LogP contribution in [0.4, 0.5) is 0 Å². The molecule has 0 fully saturated rings. The Bertz CT molecular complexity index is 1470. The van der Waals surface area contributed by atoms with E-state index in [1.807, 2.05) is 0 Å². The number of Topliss-reactive ketones (excluding diaryl/α,β-unsaturated/α-hetero) is 2. The van der Waals surface area contributed by atoms with Gasteiger partial charge in [-0.05, 0) is 12.1 Å². The van der Waals surface area contributed by atoms with Crippen LogP contribution in [0, 0.1) is 0 Å². The number of carbonyl (C=O) groups is 4. The van der Waals surface area contributed by atoms with Crippen LogP contribution < -0.4 is 28.4 Å². The fraction of sp³-hybridized carbons (Fsp3) is 0.375. The Morgan fingerprint density at radius 1 is 0.522 bits per heavy atom. The van der Waals surface area contributed by atoms with E-state index in [1.54, 1.807) is 0 Å². The van der Waals surface area contributed by atoms with Crippen LogP contribution in [-0.2, 0) is 28.7 Å². The molecule has 2 aromatic carbocycles. The first-order valence-electron chi connectivity index (χ1n) is 13.7. The molecule has 0 saturated heterocycles. The van der Waals surface area contributed by atoms with Crippen molar-refractivity contribution in [3.05, 3.63) is 58.1 Å². The highest BCUT2D eigenvalue weighted by molar-refractivity contribution is 6.24. The van der Waals surface area contributed by atoms with Crippen molar-refractivity contribution in [1.29, 1.82) is 0 Å². The summed E-state index contributed by atoms with van der Waals surface area (Å²) in [6.07, 6.45) is -1.11. The molecular formula is C32H36O14. The number of ether oxygens (including phenoxy) is 8. The lowest BCUT2D eigenvalue weighted by Crippen LogP contribution is -2.31. The van der Waals surface area contributed by atoms with Crippen LogP contribution >= 0.6 is 0 Å². The molecule has 2 atom stereocenters. The summed E-state index contributed by atoms with van der Waals surface area (Å²) in [6.45, 7) is 0. The van der Waals surface area contributed by atoms with Gasteiger partial charge in [-0.1, -0.05) is 0 Å². The minimum Gasteiger partial charge on any atom is -0.504 e. The number of carbonyl (C=O) groups excluding carboxylic acids is 4. The van der Waals surface area contributed by atoms with Gasteiger partial charge in [-0.15, -0.1) is 0 Å². The van der Waals surface area contributed by atoms with Crippen LogP contribution in [0.3, 0.4) is 0 Å². The van der Waals surface area contributed by atoms with Gasteiger partial charge in [-0.2, -0.15) is 0 Å². The number of rotatable bonds is 14. The van der Waals surface area contributed by atoms with Gasteiger partial charge in [0.1, 0.15) is 11.5 Å². The van der Waals surface area contributed by atoms with Gasteiger partial charge in [0.2, 0.25) is 11.6 Å². The van der Waals surface area contributed by atoms with Crippen molar-refractivity contribution in [2.24, 2.45) is 0 Å². The van der Waals surface area contributed by atoms with E-state index < -0.39 is 70.8 Å². The minimum atomic E-state index is -1.38. The van der Waals surface area contributed by atoms with Gasteiger partial charge < -0.3 is 48.1 Å². The van der Waals surface area contributed by atoms with Gasteiger partial charge in [-0.3, -0.25) is 19.2 Å². The lowest BCUT2D eigenvalue weighted by molar-refractivity contribution is -0.142. The molecule has 2 aromatic rings. The number of ketones is 2. The average Bonchev–Trinajstić information content (AvgIpc) is 3.08. The number of allylic oxidation sites excluding steroid dienone is 2. The van der Waals surface area contributed by atoms with E-state index in [4.69, 9.17) is 37.9 Å². The molecular weight excluding hydrogens is 608 g/mol. The topological polar surface area (TPSA) is 183 Å². The Morgan fingerprint density at radius 3 is 1.07 bits per heavy atom. The highest BCUT2D eigenvalue weighted by Crippen LogP contribution is 2.48. The molecule has 0 aliphatic heterocycles. The van der Waals surface area contributed by atoms with E-state index in [1.165, 1.54) is 66.9 Å². The van der Waals surface area contributed by atoms with E-state index in [0.717, 1.165) is 14.2 Å². The molecule has 46 heavy (non-hydrogen) atoms. The maximum Gasteiger partial charge on any atom is 0.306 e. The molecule has 0 amide bonds. The van der Waals surface area contributed by atoms with Crippen LogP contribution in [0.15, 0.2) is 46.9 Å². The molecule has 0 radical (unpaired) electrons. The fourth-order valence-corrected chi connectivity index (χ4v) is 5.25. The summed E-state index contributed by atoms with van der Waals surface area (Å²) < 4.78 is 42.0.